The number of fused-ring (bicyclic) bond motifs is 3. The number of carbonyl (C=O) groups is 1. The van der Waals surface area contributed by atoms with E-state index in [4.69, 9.17) is 10.5 Å². The molecule has 2 aromatic rings. The Hall–Kier alpha value is -2.07. The third-order valence-corrected chi connectivity index (χ3v) is 5.67. The molecule has 4 atom stereocenters. The molecule has 4 rings (SSSR count). The second-order valence-electron chi connectivity index (χ2n) is 7.08. The number of benzene rings is 2. The van der Waals surface area contributed by atoms with Crippen LogP contribution in [0.3, 0.4) is 0 Å². The van der Waals surface area contributed by atoms with Crippen LogP contribution in [0.2, 0.25) is 0 Å². The van der Waals surface area contributed by atoms with Crippen LogP contribution in [0.25, 0.3) is 10.8 Å². The minimum absolute atomic E-state index is 0.00409. The minimum Gasteiger partial charge on any atom is -0.492 e. The average molecular weight is 324 g/mol. The summed E-state index contributed by atoms with van der Waals surface area (Å²) in [7, 11) is 0. The van der Waals surface area contributed by atoms with E-state index in [9.17, 15) is 4.79 Å². The van der Waals surface area contributed by atoms with E-state index in [1.807, 2.05) is 24.3 Å². The fourth-order valence-corrected chi connectivity index (χ4v) is 4.44. The summed E-state index contributed by atoms with van der Waals surface area (Å²) < 4.78 is 5.77. The predicted molar refractivity (Wildman–Crippen MR) is 94.7 cm³/mol. The van der Waals surface area contributed by atoms with Crippen molar-refractivity contribution in [1.29, 1.82) is 0 Å². The highest BCUT2D eigenvalue weighted by Gasteiger charge is 2.48. The molecule has 2 saturated carbocycles. The Balaban J connectivity index is 1.27. The van der Waals surface area contributed by atoms with Crippen molar-refractivity contribution in [2.45, 2.75) is 25.3 Å². The molecular formula is C20H24N2O2. The Morgan fingerprint density at radius 3 is 2.71 bits per heavy atom. The van der Waals surface area contributed by atoms with Crippen LogP contribution in [0.15, 0.2) is 42.5 Å². The molecule has 2 fully saturated rings. The van der Waals surface area contributed by atoms with E-state index in [1.165, 1.54) is 11.8 Å². The maximum absolute atomic E-state index is 12.4. The molecule has 126 valence electrons. The number of hydrogen-bond acceptors (Lipinski definition) is 3. The van der Waals surface area contributed by atoms with E-state index >= 15 is 0 Å². The second-order valence-corrected chi connectivity index (χ2v) is 7.08. The molecule has 1 amide bonds. The quantitative estimate of drug-likeness (QED) is 0.831. The van der Waals surface area contributed by atoms with Gasteiger partial charge in [0.05, 0.1) is 12.5 Å². The van der Waals surface area contributed by atoms with Gasteiger partial charge in [0.2, 0.25) is 5.91 Å². The van der Waals surface area contributed by atoms with Gasteiger partial charge in [0.25, 0.3) is 0 Å². The van der Waals surface area contributed by atoms with Crippen molar-refractivity contribution >= 4 is 16.7 Å². The summed E-state index contributed by atoms with van der Waals surface area (Å²) in [5.41, 5.74) is 6.22. The van der Waals surface area contributed by atoms with Crippen LogP contribution in [0.5, 0.6) is 5.75 Å². The molecule has 0 saturated heterocycles. The van der Waals surface area contributed by atoms with E-state index in [0.717, 1.165) is 24.0 Å². The maximum atomic E-state index is 12.4. The summed E-state index contributed by atoms with van der Waals surface area (Å²) >= 11 is 0. The van der Waals surface area contributed by atoms with Crippen LogP contribution in [0.4, 0.5) is 0 Å². The lowest BCUT2D eigenvalue weighted by Crippen LogP contribution is -2.46. The molecule has 3 N–H and O–H groups in total. The number of amides is 1. The van der Waals surface area contributed by atoms with Crippen LogP contribution in [0.1, 0.15) is 19.3 Å². The number of nitrogens with one attached hydrogen (secondary N) is 1. The smallest absolute Gasteiger partial charge is 0.225 e. The average Bonchev–Trinajstić information content (AvgIpc) is 3.19. The van der Waals surface area contributed by atoms with Crippen molar-refractivity contribution in [2.75, 3.05) is 13.2 Å². The van der Waals surface area contributed by atoms with Gasteiger partial charge in [0.15, 0.2) is 0 Å². The molecule has 2 aliphatic rings. The summed E-state index contributed by atoms with van der Waals surface area (Å²) in [6, 6.07) is 14.3. The topological polar surface area (TPSA) is 64.4 Å². The van der Waals surface area contributed by atoms with Gasteiger partial charge in [0, 0.05) is 6.04 Å². The molecule has 2 aliphatic carbocycles. The number of carbonyl (C=O) groups excluding carboxylic acids is 1. The first-order chi connectivity index (χ1) is 11.7. The molecule has 0 radical (unpaired) electrons. The molecule has 2 aromatic carbocycles. The van der Waals surface area contributed by atoms with Crippen LogP contribution in [-0.4, -0.2) is 25.1 Å². The summed E-state index contributed by atoms with van der Waals surface area (Å²) in [5, 5.41) is 5.36. The van der Waals surface area contributed by atoms with Gasteiger partial charge >= 0.3 is 0 Å². The zero-order chi connectivity index (χ0) is 16.5. The van der Waals surface area contributed by atoms with Crippen LogP contribution in [-0.2, 0) is 4.79 Å². The van der Waals surface area contributed by atoms with Gasteiger partial charge in [-0.25, -0.2) is 0 Å². The van der Waals surface area contributed by atoms with Gasteiger partial charge in [-0.2, -0.15) is 0 Å². The lowest BCUT2D eigenvalue weighted by atomic mass is 9.84. The molecule has 0 aromatic heterocycles. The molecule has 4 nitrogen and oxygen atoms in total. The van der Waals surface area contributed by atoms with E-state index in [2.05, 4.69) is 23.5 Å². The Labute approximate surface area is 142 Å². The van der Waals surface area contributed by atoms with E-state index in [1.54, 1.807) is 0 Å². The van der Waals surface area contributed by atoms with Crippen molar-refractivity contribution in [2.24, 2.45) is 23.5 Å². The molecule has 4 heteroatoms. The molecular weight excluding hydrogens is 300 g/mol. The van der Waals surface area contributed by atoms with E-state index in [0.29, 0.717) is 25.0 Å². The van der Waals surface area contributed by atoms with Gasteiger partial charge in [-0.05, 0) is 54.0 Å². The van der Waals surface area contributed by atoms with Crippen molar-refractivity contribution in [3.8, 4) is 5.75 Å². The highest BCUT2D eigenvalue weighted by Crippen LogP contribution is 2.47. The summed E-state index contributed by atoms with van der Waals surface area (Å²) in [6.07, 6.45) is 3.48. The predicted octanol–water partition coefficient (Wildman–Crippen LogP) is 2.71. The lowest BCUT2D eigenvalue weighted by molar-refractivity contribution is -0.127. The highest BCUT2D eigenvalue weighted by atomic mass is 16.5. The molecule has 0 aliphatic heterocycles. The zero-order valence-corrected chi connectivity index (χ0v) is 13.8. The first kappa shape index (κ1) is 15.5. The van der Waals surface area contributed by atoms with Gasteiger partial charge in [0.1, 0.15) is 12.4 Å². The standard InChI is InChI=1S/C20H24N2O2/c21-19-16-6-5-15(11-16)18(19)20(23)22-9-10-24-17-8-7-13-3-1-2-4-14(13)12-17/h1-4,7-8,12,15-16,18-19H,5-6,9-11,21H2,(H,22,23). The first-order valence-corrected chi connectivity index (χ1v) is 8.87. The van der Waals surface area contributed by atoms with Crippen molar-refractivity contribution in [1.82, 2.24) is 5.32 Å². The SMILES string of the molecule is NC1C2CCC(C2)C1C(=O)NCCOc1ccc2ccccc2c1. The third-order valence-electron chi connectivity index (χ3n) is 5.67. The number of ether oxygens (including phenoxy) is 1. The van der Waals surface area contributed by atoms with E-state index in [-0.39, 0.29) is 17.9 Å². The van der Waals surface area contributed by atoms with Gasteiger partial charge in [-0.15, -0.1) is 0 Å². The summed E-state index contributed by atoms with van der Waals surface area (Å²) in [4.78, 5) is 12.4. The van der Waals surface area contributed by atoms with Gasteiger partial charge in [-0.1, -0.05) is 30.3 Å². The van der Waals surface area contributed by atoms with Crippen molar-refractivity contribution in [3.63, 3.8) is 0 Å². The molecule has 4 unspecified atom stereocenters. The highest BCUT2D eigenvalue weighted by molar-refractivity contribution is 5.83. The van der Waals surface area contributed by atoms with E-state index < -0.39 is 0 Å². The Kier molecular flexibility index (Phi) is 4.15. The minimum atomic E-state index is 0.00409. The Morgan fingerprint density at radius 2 is 1.92 bits per heavy atom. The number of rotatable bonds is 5. The van der Waals surface area contributed by atoms with Gasteiger partial charge < -0.3 is 15.8 Å². The van der Waals surface area contributed by atoms with Crippen LogP contribution >= 0.6 is 0 Å². The molecule has 0 heterocycles. The second kappa shape index (κ2) is 6.44. The maximum Gasteiger partial charge on any atom is 0.225 e. The third kappa shape index (κ3) is 2.86. The summed E-state index contributed by atoms with van der Waals surface area (Å²) in [5.74, 6) is 1.99. The fourth-order valence-electron chi connectivity index (χ4n) is 4.44. The Bertz CT molecular complexity index is 743. The number of nitrogens with two attached hydrogens (primary N) is 1. The van der Waals surface area contributed by atoms with Crippen LogP contribution < -0.4 is 15.8 Å². The normalized spacial score (nSPS) is 28.2. The Morgan fingerprint density at radius 1 is 1.12 bits per heavy atom. The largest absolute Gasteiger partial charge is 0.492 e. The first-order valence-electron chi connectivity index (χ1n) is 8.87. The van der Waals surface area contributed by atoms with Gasteiger partial charge in [-0.3, -0.25) is 4.79 Å². The summed E-state index contributed by atoms with van der Waals surface area (Å²) in [6.45, 7) is 0.992. The van der Waals surface area contributed by atoms with Crippen molar-refractivity contribution in [3.05, 3.63) is 42.5 Å². The number of hydrogen-bond donors (Lipinski definition) is 2. The monoisotopic (exact) mass is 324 g/mol. The molecule has 24 heavy (non-hydrogen) atoms. The van der Waals surface area contributed by atoms with Crippen molar-refractivity contribution < 1.29 is 9.53 Å². The molecule has 2 bridgehead atoms. The van der Waals surface area contributed by atoms with Crippen LogP contribution in [0, 0.1) is 17.8 Å². The zero-order valence-electron chi connectivity index (χ0n) is 13.8. The lowest BCUT2D eigenvalue weighted by Gasteiger charge is -2.27. The fraction of sp³-hybridized carbons (Fsp3) is 0.450. The molecule has 0 spiro atoms.